The molecule has 0 unspecified atom stereocenters. The van der Waals surface area contributed by atoms with Crippen LogP contribution in [0.15, 0.2) is 18.2 Å². The number of carbonyl (C=O) groups is 2. The molecule has 0 aliphatic rings. The van der Waals surface area contributed by atoms with Gasteiger partial charge >= 0.3 is 0 Å². The van der Waals surface area contributed by atoms with Crippen molar-refractivity contribution in [2.45, 2.75) is 19.8 Å². The van der Waals surface area contributed by atoms with Crippen LogP contribution in [-0.2, 0) is 0 Å². The van der Waals surface area contributed by atoms with Gasteiger partial charge in [-0.05, 0) is 24.6 Å². The molecule has 0 saturated carbocycles. The smallest absolute Gasteiger partial charge is 0.185 e. The van der Waals surface area contributed by atoms with E-state index in [1.54, 1.807) is 18.2 Å². The maximum absolute atomic E-state index is 11.7. The fourth-order valence-corrected chi connectivity index (χ4v) is 1.63. The van der Waals surface area contributed by atoms with Crippen molar-refractivity contribution in [3.8, 4) is 0 Å². The predicted molar refractivity (Wildman–Crippen MR) is 60.7 cm³/mol. The number of imidazole rings is 1. The molecule has 0 radical (unpaired) electrons. The van der Waals surface area contributed by atoms with E-state index < -0.39 is 0 Å². The second kappa shape index (κ2) is 4.26. The molecule has 2 aromatic rings. The molecule has 1 heterocycles. The minimum absolute atomic E-state index is 0.117. The molecule has 82 valence electrons. The first-order valence-corrected chi connectivity index (χ1v) is 5.22. The van der Waals surface area contributed by atoms with E-state index in [2.05, 4.69) is 9.97 Å². The Morgan fingerprint density at radius 3 is 3.00 bits per heavy atom. The van der Waals surface area contributed by atoms with Gasteiger partial charge in [-0.2, -0.15) is 0 Å². The number of aromatic nitrogens is 2. The van der Waals surface area contributed by atoms with E-state index in [0.717, 1.165) is 11.9 Å². The summed E-state index contributed by atoms with van der Waals surface area (Å²) in [5.74, 6) is 0.404. The summed E-state index contributed by atoms with van der Waals surface area (Å²) in [6.07, 6.45) is 2.03. The number of aldehydes is 1. The van der Waals surface area contributed by atoms with Gasteiger partial charge in [0.1, 0.15) is 0 Å². The highest BCUT2D eigenvalue weighted by atomic mass is 16.1. The lowest BCUT2D eigenvalue weighted by Crippen LogP contribution is -1.97. The fourth-order valence-electron chi connectivity index (χ4n) is 1.63. The molecule has 16 heavy (non-hydrogen) atoms. The van der Waals surface area contributed by atoms with Crippen molar-refractivity contribution in [2.24, 2.45) is 0 Å². The van der Waals surface area contributed by atoms with E-state index >= 15 is 0 Å². The van der Waals surface area contributed by atoms with Crippen LogP contribution in [0.25, 0.3) is 11.0 Å². The fraction of sp³-hybridized carbons (Fsp3) is 0.250. The van der Waals surface area contributed by atoms with Crippen LogP contribution < -0.4 is 0 Å². The number of H-pyrrole nitrogens is 1. The molecule has 1 aromatic heterocycles. The lowest BCUT2D eigenvalue weighted by molar-refractivity contribution is 0.0981. The summed E-state index contributed by atoms with van der Waals surface area (Å²) in [6, 6.07) is 5.24. The normalized spacial score (nSPS) is 10.6. The molecular formula is C12H12N2O2. The highest BCUT2D eigenvalue weighted by molar-refractivity contribution is 5.99. The van der Waals surface area contributed by atoms with E-state index in [1.807, 2.05) is 6.92 Å². The summed E-state index contributed by atoms with van der Waals surface area (Å²) >= 11 is 0. The molecule has 0 saturated heterocycles. The molecule has 0 amide bonds. The molecule has 0 fully saturated rings. The van der Waals surface area contributed by atoms with Crippen LogP contribution in [0.4, 0.5) is 0 Å². The van der Waals surface area contributed by atoms with Gasteiger partial charge in [-0.3, -0.25) is 9.59 Å². The molecule has 1 N–H and O–H groups in total. The third kappa shape index (κ3) is 1.86. The number of nitrogens with one attached hydrogen (secondary N) is 1. The van der Waals surface area contributed by atoms with Crippen LogP contribution in [0.5, 0.6) is 0 Å². The Labute approximate surface area is 92.7 Å². The summed E-state index contributed by atoms with van der Waals surface area (Å²) in [4.78, 5) is 29.1. The Balaban J connectivity index is 2.42. The minimum Gasteiger partial charge on any atom is -0.336 e. The maximum Gasteiger partial charge on any atom is 0.185 e. The van der Waals surface area contributed by atoms with Crippen LogP contribution >= 0.6 is 0 Å². The molecule has 4 nitrogen and oxygen atoms in total. The van der Waals surface area contributed by atoms with Crippen molar-refractivity contribution >= 4 is 23.1 Å². The number of ketones is 1. The average molecular weight is 216 g/mol. The van der Waals surface area contributed by atoms with Gasteiger partial charge in [-0.15, -0.1) is 0 Å². The van der Waals surface area contributed by atoms with Gasteiger partial charge in [0.25, 0.3) is 0 Å². The van der Waals surface area contributed by atoms with Gasteiger partial charge in [-0.25, -0.2) is 4.98 Å². The zero-order chi connectivity index (χ0) is 11.5. The van der Waals surface area contributed by atoms with Crippen molar-refractivity contribution in [3.63, 3.8) is 0 Å². The topological polar surface area (TPSA) is 62.8 Å². The lowest BCUT2D eigenvalue weighted by Gasteiger charge is -1.98. The van der Waals surface area contributed by atoms with Gasteiger partial charge in [0, 0.05) is 12.0 Å². The molecule has 4 heteroatoms. The number of fused-ring (bicyclic) bond motifs is 1. The highest BCUT2D eigenvalue weighted by Crippen LogP contribution is 2.15. The van der Waals surface area contributed by atoms with E-state index in [9.17, 15) is 9.59 Å². The second-order valence-electron chi connectivity index (χ2n) is 3.64. The number of carbonyl (C=O) groups excluding carboxylic acids is 2. The SMILES string of the molecule is CCCC(=O)c1ccc2nc(C=O)[nH]c2c1. The van der Waals surface area contributed by atoms with Crippen LogP contribution in [0.2, 0.25) is 0 Å². The van der Waals surface area contributed by atoms with Crippen molar-refractivity contribution in [3.05, 3.63) is 29.6 Å². The first-order chi connectivity index (χ1) is 7.74. The summed E-state index contributed by atoms with van der Waals surface area (Å²) < 4.78 is 0. The number of hydrogen-bond acceptors (Lipinski definition) is 3. The molecule has 1 aromatic carbocycles. The Morgan fingerprint density at radius 2 is 2.31 bits per heavy atom. The maximum atomic E-state index is 11.7. The van der Waals surface area contributed by atoms with Crippen molar-refractivity contribution in [2.75, 3.05) is 0 Å². The Morgan fingerprint density at radius 1 is 1.50 bits per heavy atom. The molecular weight excluding hydrogens is 204 g/mol. The second-order valence-corrected chi connectivity index (χ2v) is 3.64. The third-order valence-electron chi connectivity index (χ3n) is 2.41. The summed E-state index contributed by atoms with van der Waals surface area (Å²) in [7, 11) is 0. The first-order valence-electron chi connectivity index (χ1n) is 5.22. The molecule has 0 aliphatic heterocycles. The van der Waals surface area contributed by atoms with E-state index in [0.29, 0.717) is 23.8 Å². The molecule has 2 rings (SSSR count). The number of benzene rings is 1. The summed E-state index contributed by atoms with van der Waals surface area (Å²) in [5.41, 5.74) is 2.09. The van der Waals surface area contributed by atoms with Crippen molar-refractivity contribution in [1.29, 1.82) is 0 Å². The van der Waals surface area contributed by atoms with Gasteiger partial charge in [-0.1, -0.05) is 6.92 Å². The monoisotopic (exact) mass is 216 g/mol. The van der Waals surface area contributed by atoms with Crippen LogP contribution in [0.3, 0.4) is 0 Å². The van der Waals surface area contributed by atoms with Crippen molar-refractivity contribution in [1.82, 2.24) is 9.97 Å². The van der Waals surface area contributed by atoms with Gasteiger partial charge < -0.3 is 4.98 Å². The number of hydrogen-bond donors (Lipinski definition) is 1. The predicted octanol–water partition coefficient (Wildman–Crippen LogP) is 2.36. The van der Waals surface area contributed by atoms with Crippen molar-refractivity contribution < 1.29 is 9.59 Å². The minimum atomic E-state index is 0.117. The van der Waals surface area contributed by atoms with Crippen LogP contribution in [0, 0.1) is 0 Å². The van der Waals surface area contributed by atoms with E-state index in [1.165, 1.54) is 0 Å². The van der Waals surface area contributed by atoms with Crippen LogP contribution in [0.1, 0.15) is 40.7 Å². The number of Topliss-reactive ketones (excluding diaryl/α,β-unsaturated/α-hetero) is 1. The zero-order valence-electron chi connectivity index (χ0n) is 8.99. The van der Waals surface area contributed by atoms with E-state index in [-0.39, 0.29) is 11.6 Å². The molecule has 0 spiro atoms. The Kier molecular flexibility index (Phi) is 2.81. The summed E-state index contributed by atoms with van der Waals surface area (Å²) in [6.45, 7) is 1.97. The molecule has 0 bridgehead atoms. The third-order valence-corrected chi connectivity index (χ3v) is 2.41. The molecule has 0 atom stereocenters. The van der Waals surface area contributed by atoms with Crippen LogP contribution in [-0.4, -0.2) is 22.0 Å². The number of aromatic amines is 1. The van der Waals surface area contributed by atoms with Gasteiger partial charge in [0.05, 0.1) is 11.0 Å². The highest BCUT2D eigenvalue weighted by Gasteiger charge is 2.07. The largest absolute Gasteiger partial charge is 0.336 e. The van der Waals surface area contributed by atoms with E-state index in [4.69, 9.17) is 0 Å². The Hall–Kier alpha value is -1.97. The van der Waals surface area contributed by atoms with Gasteiger partial charge in [0.2, 0.25) is 0 Å². The Bertz CT molecular complexity index is 543. The first kappa shape index (κ1) is 10.5. The summed E-state index contributed by atoms with van der Waals surface area (Å²) in [5, 5.41) is 0. The standard InChI is InChI=1S/C12H12N2O2/c1-2-3-11(16)8-4-5-9-10(6-8)14-12(7-15)13-9/h4-7H,2-3H2,1H3,(H,13,14). The number of nitrogens with zero attached hydrogens (tertiary/aromatic N) is 1. The molecule has 0 aliphatic carbocycles. The lowest BCUT2D eigenvalue weighted by atomic mass is 10.1. The zero-order valence-corrected chi connectivity index (χ0v) is 8.99. The number of rotatable bonds is 4. The van der Waals surface area contributed by atoms with Gasteiger partial charge in [0.15, 0.2) is 17.9 Å². The average Bonchev–Trinajstić information content (AvgIpc) is 2.70. The quantitative estimate of drug-likeness (QED) is 0.630.